The van der Waals surface area contributed by atoms with Crippen molar-refractivity contribution < 1.29 is 0 Å². The molecule has 0 spiro atoms. The van der Waals surface area contributed by atoms with Crippen LogP contribution in [0.2, 0.25) is 0 Å². The van der Waals surface area contributed by atoms with E-state index in [-0.39, 0.29) is 0 Å². The molecule has 3 rings (SSSR count). The molecule has 1 aromatic carbocycles. The fourth-order valence-electron chi connectivity index (χ4n) is 2.87. The van der Waals surface area contributed by atoms with Crippen molar-refractivity contribution in [1.29, 1.82) is 0 Å². The number of nitrogens with zero attached hydrogens (tertiary/aromatic N) is 1. The van der Waals surface area contributed by atoms with Crippen molar-refractivity contribution in [1.82, 2.24) is 5.32 Å². The van der Waals surface area contributed by atoms with Gasteiger partial charge < -0.3 is 5.32 Å². The number of fused-ring (bicyclic) bond motifs is 1. The number of nitrogens with one attached hydrogen (secondary N) is 1. The average Bonchev–Trinajstić information content (AvgIpc) is 2.73. The molecule has 0 saturated carbocycles. The highest BCUT2D eigenvalue weighted by molar-refractivity contribution is 5.81. The number of aryl methyl sites for hydroxylation is 1. The molecule has 0 aromatic heterocycles. The second-order valence-electron chi connectivity index (χ2n) is 4.95. The SMILES string of the molecule is Cc1ccc2c(c1)N=C[C@H]2C1CCNCC1. The van der Waals surface area contributed by atoms with Crippen LogP contribution in [0.15, 0.2) is 23.2 Å². The average molecular weight is 214 g/mol. The van der Waals surface area contributed by atoms with Gasteiger partial charge in [-0.25, -0.2) is 0 Å². The molecule has 16 heavy (non-hydrogen) atoms. The number of piperidine rings is 1. The fourth-order valence-corrected chi connectivity index (χ4v) is 2.87. The predicted octanol–water partition coefficient (Wildman–Crippen LogP) is 2.79. The Morgan fingerprint density at radius 2 is 2.06 bits per heavy atom. The predicted molar refractivity (Wildman–Crippen MR) is 67.7 cm³/mol. The van der Waals surface area contributed by atoms with Crippen molar-refractivity contribution in [3.05, 3.63) is 29.3 Å². The van der Waals surface area contributed by atoms with E-state index >= 15 is 0 Å². The Kier molecular flexibility index (Phi) is 2.52. The van der Waals surface area contributed by atoms with Gasteiger partial charge in [-0.05, 0) is 56.0 Å². The summed E-state index contributed by atoms with van der Waals surface area (Å²) in [5.41, 5.74) is 3.95. The van der Waals surface area contributed by atoms with Gasteiger partial charge in [0.15, 0.2) is 0 Å². The van der Waals surface area contributed by atoms with Gasteiger partial charge in [-0.15, -0.1) is 0 Å². The van der Waals surface area contributed by atoms with Crippen molar-refractivity contribution in [2.45, 2.75) is 25.7 Å². The van der Waals surface area contributed by atoms with Crippen LogP contribution in [-0.4, -0.2) is 19.3 Å². The smallest absolute Gasteiger partial charge is 0.0667 e. The Morgan fingerprint density at radius 3 is 2.88 bits per heavy atom. The highest BCUT2D eigenvalue weighted by Gasteiger charge is 2.28. The Labute approximate surface area is 96.8 Å². The van der Waals surface area contributed by atoms with Crippen LogP contribution >= 0.6 is 0 Å². The monoisotopic (exact) mass is 214 g/mol. The van der Waals surface area contributed by atoms with Gasteiger partial charge in [-0.2, -0.15) is 0 Å². The number of benzene rings is 1. The molecule has 0 amide bonds. The zero-order chi connectivity index (χ0) is 11.0. The summed E-state index contributed by atoms with van der Waals surface area (Å²) in [6, 6.07) is 6.68. The van der Waals surface area contributed by atoms with Crippen LogP contribution in [-0.2, 0) is 0 Å². The van der Waals surface area contributed by atoms with Crippen LogP contribution in [0.5, 0.6) is 0 Å². The van der Waals surface area contributed by atoms with Crippen LogP contribution in [0.1, 0.15) is 29.9 Å². The van der Waals surface area contributed by atoms with Gasteiger partial charge in [-0.1, -0.05) is 12.1 Å². The summed E-state index contributed by atoms with van der Waals surface area (Å²) in [5, 5.41) is 3.43. The van der Waals surface area contributed by atoms with Crippen molar-refractivity contribution in [2.24, 2.45) is 10.9 Å². The first-order valence-corrected chi connectivity index (χ1v) is 6.20. The first-order valence-electron chi connectivity index (χ1n) is 6.20. The molecule has 0 unspecified atom stereocenters. The molecule has 0 aliphatic carbocycles. The van der Waals surface area contributed by atoms with Crippen molar-refractivity contribution in [3.63, 3.8) is 0 Å². The van der Waals surface area contributed by atoms with Crippen LogP contribution in [0.3, 0.4) is 0 Å². The second kappa shape index (κ2) is 4.02. The standard InChI is InChI=1S/C14H18N2/c1-10-2-3-12-13(9-16-14(12)8-10)11-4-6-15-7-5-11/h2-3,8-9,11,13,15H,4-7H2,1H3/t13-/m0/s1. The Bertz CT molecular complexity index is 417. The lowest BCUT2D eigenvalue weighted by Gasteiger charge is -2.27. The molecule has 1 atom stereocenters. The Morgan fingerprint density at radius 1 is 1.25 bits per heavy atom. The zero-order valence-electron chi connectivity index (χ0n) is 9.74. The summed E-state index contributed by atoms with van der Waals surface area (Å²) in [6.45, 7) is 4.46. The lowest BCUT2D eigenvalue weighted by molar-refractivity contribution is 0.361. The van der Waals surface area contributed by atoms with Gasteiger partial charge in [0.2, 0.25) is 0 Å². The molecule has 2 aliphatic heterocycles. The fraction of sp³-hybridized carbons (Fsp3) is 0.500. The topological polar surface area (TPSA) is 24.4 Å². The van der Waals surface area contributed by atoms with E-state index in [4.69, 9.17) is 0 Å². The first kappa shape index (κ1) is 10.0. The molecule has 2 nitrogen and oxygen atoms in total. The zero-order valence-corrected chi connectivity index (χ0v) is 9.74. The van der Waals surface area contributed by atoms with E-state index in [0.717, 1.165) is 19.0 Å². The van der Waals surface area contributed by atoms with E-state index in [1.807, 2.05) is 0 Å². The molecule has 0 bridgehead atoms. The van der Waals surface area contributed by atoms with Crippen molar-refractivity contribution in [3.8, 4) is 0 Å². The minimum absolute atomic E-state index is 0.567. The minimum Gasteiger partial charge on any atom is -0.317 e. The number of aliphatic imine (C=N–C) groups is 1. The van der Waals surface area contributed by atoms with Crippen LogP contribution < -0.4 is 5.32 Å². The normalized spacial score (nSPS) is 24.7. The molecule has 2 heteroatoms. The van der Waals surface area contributed by atoms with Gasteiger partial charge >= 0.3 is 0 Å². The lowest BCUT2D eigenvalue weighted by Crippen LogP contribution is -2.30. The highest BCUT2D eigenvalue weighted by Crippen LogP contribution is 2.39. The summed E-state index contributed by atoms with van der Waals surface area (Å²) in [6.07, 6.45) is 4.73. The maximum atomic E-state index is 4.57. The maximum Gasteiger partial charge on any atom is 0.0667 e. The molecule has 84 valence electrons. The van der Waals surface area contributed by atoms with E-state index < -0.39 is 0 Å². The Balaban J connectivity index is 1.88. The minimum atomic E-state index is 0.567. The molecule has 0 radical (unpaired) electrons. The van der Waals surface area contributed by atoms with E-state index in [0.29, 0.717) is 5.92 Å². The van der Waals surface area contributed by atoms with E-state index in [9.17, 15) is 0 Å². The van der Waals surface area contributed by atoms with Crippen molar-refractivity contribution >= 4 is 11.9 Å². The quantitative estimate of drug-likeness (QED) is 0.763. The van der Waals surface area contributed by atoms with E-state index in [1.165, 1.54) is 29.7 Å². The molecule has 2 aliphatic rings. The number of hydrogen-bond donors (Lipinski definition) is 1. The molecule has 1 aromatic rings. The van der Waals surface area contributed by atoms with Crippen LogP contribution in [0.25, 0.3) is 0 Å². The third-order valence-corrected chi connectivity index (χ3v) is 3.81. The Hall–Kier alpha value is -1.15. The molecule has 1 saturated heterocycles. The van der Waals surface area contributed by atoms with Crippen LogP contribution in [0, 0.1) is 12.8 Å². The third kappa shape index (κ3) is 1.67. The lowest BCUT2D eigenvalue weighted by atomic mass is 9.81. The number of hydrogen-bond acceptors (Lipinski definition) is 2. The van der Waals surface area contributed by atoms with E-state index in [1.54, 1.807) is 0 Å². The highest BCUT2D eigenvalue weighted by atomic mass is 14.9. The maximum absolute atomic E-state index is 4.57. The molecular formula is C14H18N2. The third-order valence-electron chi connectivity index (χ3n) is 3.81. The largest absolute Gasteiger partial charge is 0.317 e. The molecule has 1 N–H and O–H groups in total. The molecule has 2 heterocycles. The van der Waals surface area contributed by atoms with Gasteiger partial charge in [0.25, 0.3) is 0 Å². The summed E-state index contributed by atoms with van der Waals surface area (Å²) < 4.78 is 0. The van der Waals surface area contributed by atoms with Crippen LogP contribution in [0.4, 0.5) is 5.69 Å². The van der Waals surface area contributed by atoms with Gasteiger partial charge in [0.1, 0.15) is 0 Å². The number of rotatable bonds is 1. The summed E-state index contributed by atoms with van der Waals surface area (Å²) in [4.78, 5) is 4.57. The van der Waals surface area contributed by atoms with E-state index in [2.05, 4.69) is 41.6 Å². The molecular weight excluding hydrogens is 196 g/mol. The van der Waals surface area contributed by atoms with Crippen molar-refractivity contribution in [2.75, 3.05) is 13.1 Å². The first-order chi connectivity index (χ1) is 7.84. The second-order valence-corrected chi connectivity index (χ2v) is 4.95. The summed E-state index contributed by atoms with van der Waals surface area (Å²) in [5.74, 6) is 1.35. The van der Waals surface area contributed by atoms with Gasteiger partial charge in [0.05, 0.1) is 5.69 Å². The summed E-state index contributed by atoms with van der Waals surface area (Å²) >= 11 is 0. The van der Waals surface area contributed by atoms with Gasteiger partial charge in [0, 0.05) is 12.1 Å². The molecule has 1 fully saturated rings. The van der Waals surface area contributed by atoms with Gasteiger partial charge in [-0.3, -0.25) is 4.99 Å². The summed E-state index contributed by atoms with van der Waals surface area (Å²) in [7, 11) is 0.